The molecule has 0 aromatic heterocycles. The van der Waals surface area contributed by atoms with E-state index in [9.17, 15) is 9.59 Å². The molecule has 5 heteroatoms. The highest BCUT2D eigenvalue weighted by Crippen LogP contribution is 2.10. The second kappa shape index (κ2) is 4.61. The van der Waals surface area contributed by atoms with Gasteiger partial charge in [0.1, 0.15) is 0 Å². The molecule has 0 N–H and O–H groups in total. The average Bonchev–Trinajstić information content (AvgIpc) is 2.29. The lowest BCUT2D eigenvalue weighted by Crippen LogP contribution is -2.51. The number of ketones is 1. The van der Waals surface area contributed by atoms with E-state index in [0.717, 1.165) is 6.42 Å². The maximum Gasteiger partial charge on any atom is 0.320 e. The van der Waals surface area contributed by atoms with E-state index in [0.29, 0.717) is 39.3 Å². The normalized spacial score (nSPS) is 23.1. The van der Waals surface area contributed by atoms with E-state index in [4.69, 9.17) is 4.74 Å². The van der Waals surface area contributed by atoms with Crippen LogP contribution in [0.2, 0.25) is 0 Å². The van der Waals surface area contributed by atoms with Crippen molar-refractivity contribution in [3.63, 3.8) is 0 Å². The van der Waals surface area contributed by atoms with Crippen LogP contribution in [0.5, 0.6) is 0 Å². The first-order valence-electron chi connectivity index (χ1n) is 5.40. The van der Waals surface area contributed by atoms with Crippen molar-refractivity contribution in [2.75, 3.05) is 39.4 Å². The number of ether oxygens (including phenoxy) is 1. The Balaban J connectivity index is 1.90. The number of piperidine rings is 1. The number of hydrogen-bond donors (Lipinski definition) is 0. The van der Waals surface area contributed by atoms with Gasteiger partial charge in [-0.15, -0.1) is 0 Å². The van der Waals surface area contributed by atoms with E-state index in [1.807, 2.05) is 0 Å². The summed E-state index contributed by atoms with van der Waals surface area (Å²) in [6.45, 7) is 3.49. The number of carbonyl (C=O) groups is 2. The Morgan fingerprint density at radius 1 is 1.13 bits per heavy atom. The van der Waals surface area contributed by atoms with Gasteiger partial charge < -0.3 is 14.5 Å². The van der Waals surface area contributed by atoms with Crippen LogP contribution in [0.15, 0.2) is 0 Å². The van der Waals surface area contributed by atoms with Gasteiger partial charge in [0.15, 0.2) is 5.78 Å². The maximum absolute atomic E-state index is 11.9. The summed E-state index contributed by atoms with van der Waals surface area (Å²) in [6, 6.07) is -0.00801. The van der Waals surface area contributed by atoms with Gasteiger partial charge >= 0.3 is 6.03 Å². The number of hydrogen-bond acceptors (Lipinski definition) is 3. The quantitative estimate of drug-likeness (QED) is 0.572. The van der Waals surface area contributed by atoms with Gasteiger partial charge in [0, 0.05) is 26.1 Å². The van der Waals surface area contributed by atoms with E-state index in [1.165, 1.54) is 0 Å². The fourth-order valence-electron chi connectivity index (χ4n) is 1.96. The Labute approximate surface area is 89.0 Å². The molecule has 2 saturated heterocycles. The number of likely N-dealkylation sites (tertiary alicyclic amines) is 1. The van der Waals surface area contributed by atoms with Gasteiger partial charge in [0.05, 0.1) is 19.8 Å². The van der Waals surface area contributed by atoms with Crippen molar-refractivity contribution >= 4 is 11.8 Å². The van der Waals surface area contributed by atoms with E-state index >= 15 is 0 Å². The molecule has 0 saturated carbocycles. The van der Waals surface area contributed by atoms with E-state index in [1.54, 1.807) is 9.80 Å². The second-order valence-corrected chi connectivity index (χ2v) is 3.95. The zero-order chi connectivity index (χ0) is 10.7. The number of rotatable bonds is 0. The summed E-state index contributed by atoms with van der Waals surface area (Å²) in [5, 5.41) is 0. The molecule has 2 heterocycles. The SMILES string of the molecule is O=C1CCCN(C(=O)N2CCOCC2)C1. The third-order valence-corrected chi connectivity index (χ3v) is 2.80. The minimum Gasteiger partial charge on any atom is -0.378 e. The van der Waals surface area contributed by atoms with Gasteiger partial charge in [0.25, 0.3) is 0 Å². The Bertz CT molecular complexity index is 261. The molecule has 84 valence electrons. The molecule has 2 fully saturated rings. The van der Waals surface area contributed by atoms with Gasteiger partial charge in [-0.3, -0.25) is 4.79 Å². The molecule has 2 rings (SSSR count). The van der Waals surface area contributed by atoms with E-state index in [-0.39, 0.29) is 18.4 Å². The lowest BCUT2D eigenvalue weighted by molar-refractivity contribution is -0.121. The average molecular weight is 212 g/mol. The third kappa shape index (κ3) is 2.47. The smallest absolute Gasteiger partial charge is 0.320 e. The van der Waals surface area contributed by atoms with Crippen LogP contribution in [0.4, 0.5) is 4.79 Å². The van der Waals surface area contributed by atoms with Crippen LogP contribution in [0.1, 0.15) is 12.8 Å². The van der Waals surface area contributed by atoms with Gasteiger partial charge in [-0.05, 0) is 6.42 Å². The van der Waals surface area contributed by atoms with Gasteiger partial charge in [-0.2, -0.15) is 0 Å². The van der Waals surface area contributed by atoms with Crippen LogP contribution < -0.4 is 0 Å². The van der Waals surface area contributed by atoms with Crippen molar-refractivity contribution in [2.24, 2.45) is 0 Å². The monoisotopic (exact) mass is 212 g/mol. The molecule has 0 aliphatic carbocycles. The molecule has 0 bridgehead atoms. The molecule has 0 radical (unpaired) electrons. The van der Waals surface area contributed by atoms with Gasteiger partial charge in [-0.1, -0.05) is 0 Å². The molecule has 2 aliphatic heterocycles. The molecule has 0 unspecified atom stereocenters. The summed E-state index contributed by atoms with van der Waals surface area (Å²) in [7, 11) is 0. The summed E-state index contributed by atoms with van der Waals surface area (Å²) >= 11 is 0. The number of nitrogens with zero attached hydrogens (tertiary/aromatic N) is 2. The van der Waals surface area contributed by atoms with Crippen LogP contribution in [0.25, 0.3) is 0 Å². The van der Waals surface area contributed by atoms with Crippen molar-refractivity contribution in [3.8, 4) is 0 Å². The molecular weight excluding hydrogens is 196 g/mol. The van der Waals surface area contributed by atoms with E-state index < -0.39 is 0 Å². The van der Waals surface area contributed by atoms with Crippen LogP contribution in [-0.4, -0.2) is 61.0 Å². The summed E-state index contributed by atoms with van der Waals surface area (Å²) in [6.07, 6.45) is 1.42. The molecule has 5 nitrogen and oxygen atoms in total. The summed E-state index contributed by atoms with van der Waals surface area (Å²) < 4.78 is 5.18. The molecule has 2 amide bonds. The Hall–Kier alpha value is -1.10. The maximum atomic E-state index is 11.9. The summed E-state index contributed by atoms with van der Waals surface area (Å²) in [4.78, 5) is 26.6. The first-order chi connectivity index (χ1) is 7.27. The van der Waals surface area contributed by atoms with Crippen molar-refractivity contribution in [2.45, 2.75) is 12.8 Å². The first-order valence-corrected chi connectivity index (χ1v) is 5.40. The highest BCUT2D eigenvalue weighted by molar-refractivity contribution is 5.86. The second-order valence-electron chi connectivity index (χ2n) is 3.95. The summed E-state index contributed by atoms with van der Waals surface area (Å²) in [5.74, 6) is 0.169. The van der Waals surface area contributed by atoms with Crippen molar-refractivity contribution in [1.29, 1.82) is 0 Å². The van der Waals surface area contributed by atoms with Crippen LogP contribution in [0, 0.1) is 0 Å². The van der Waals surface area contributed by atoms with Crippen LogP contribution >= 0.6 is 0 Å². The van der Waals surface area contributed by atoms with E-state index in [2.05, 4.69) is 0 Å². The molecular formula is C10H16N2O3. The number of Topliss-reactive ketones (excluding diaryl/α,β-unsaturated/α-hetero) is 1. The fourth-order valence-corrected chi connectivity index (χ4v) is 1.96. The molecule has 0 spiro atoms. The first kappa shape index (κ1) is 10.4. The molecule has 0 aromatic rings. The predicted molar refractivity (Wildman–Crippen MR) is 53.6 cm³/mol. The van der Waals surface area contributed by atoms with Gasteiger partial charge in [0.2, 0.25) is 0 Å². The molecule has 0 aromatic carbocycles. The molecule has 0 atom stereocenters. The molecule has 2 aliphatic rings. The Morgan fingerprint density at radius 2 is 1.87 bits per heavy atom. The zero-order valence-corrected chi connectivity index (χ0v) is 8.78. The Morgan fingerprint density at radius 3 is 2.53 bits per heavy atom. The fraction of sp³-hybridized carbons (Fsp3) is 0.800. The lowest BCUT2D eigenvalue weighted by atomic mass is 10.1. The molecule has 15 heavy (non-hydrogen) atoms. The number of carbonyl (C=O) groups excluding carboxylic acids is 2. The standard InChI is InChI=1S/C10H16N2O3/c13-9-2-1-3-12(8-9)10(14)11-4-6-15-7-5-11/h1-8H2. The van der Waals surface area contributed by atoms with Crippen molar-refractivity contribution < 1.29 is 14.3 Å². The van der Waals surface area contributed by atoms with Crippen molar-refractivity contribution in [1.82, 2.24) is 9.80 Å². The largest absolute Gasteiger partial charge is 0.378 e. The zero-order valence-electron chi connectivity index (χ0n) is 8.78. The predicted octanol–water partition coefficient (Wildman–Crippen LogP) is 0.103. The third-order valence-electron chi connectivity index (χ3n) is 2.80. The number of urea groups is 1. The Kier molecular flexibility index (Phi) is 3.20. The highest BCUT2D eigenvalue weighted by Gasteiger charge is 2.26. The summed E-state index contributed by atoms with van der Waals surface area (Å²) in [5.41, 5.74) is 0. The highest BCUT2D eigenvalue weighted by atomic mass is 16.5. The van der Waals surface area contributed by atoms with Gasteiger partial charge in [-0.25, -0.2) is 4.79 Å². The number of amides is 2. The van der Waals surface area contributed by atoms with Crippen LogP contribution in [-0.2, 0) is 9.53 Å². The van der Waals surface area contributed by atoms with Crippen molar-refractivity contribution in [3.05, 3.63) is 0 Å². The number of morpholine rings is 1. The minimum absolute atomic E-state index is 0.00801. The minimum atomic E-state index is -0.00801. The lowest BCUT2D eigenvalue weighted by Gasteiger charge is -2.34. The van der Waals surface area contributed by atoms with Crippen LogP contribution in [0.3, 0.4) is 0 Å². The topological polar surface area (TPSA) is 49.9 Å².